The van der Waals surface area contributed by atoms with E-state index in [4.69, 9.17) is 0 Å². The second-order valence-corrected chi connectivity index (χ2v) is 6.22. The molecule has 0 aromatic heterocycles. The molecule has 0 bridgehead atoms. The minimum Gasteiger partial charge on any atom is -0.314 e. The predicted octanol–water partition coefficient (Wildman–Crippen LogP) is 4.21. The molecule has 1 fully saturated rings. The standard InChI is InChI=1S/C18H29N/c1-4-15-7-9-16(10-8-15)13-18(19-5-2)17-11-6-14(3)12-17/h7-10,14,17-19H,4-6,11-13H2,1-3H3. The molecule has 0 spiro atoms. The maximum Gasteiger partial charge on any atom is 0.0136 e. The van der Waals surface area contributed by atoms with Crippen molar-refractivity contribution in [2.45, 2.75) is 58.9 Å². The molecule has 0 radical (unpaired) electrons. The summed E-state index contributed by atoms with van der Waals surface area (Å²) in [6.45, 7) is 7.93. The van der Waals surface area contributed by atoms with E-state index in [0.29, 0.717) is 6.04 Å². The van der Waals surface area contributed by atoms with Crippen molar-refractivity contribution >= 4 is 0 Å². The highest BCUT2D eigenvalue weighted by Gasteiger charge is 2.28. The maximum atomic E-state index is 3.72. The third-order valence-corrected chi connectivity index (χ3v) is 4.66. The minimum atomic E-state index is 0.669. The van der Waals surface area contributed by atoms with Gasteiger partial charge in [0.1, 0.15) is 0 Å². The van der Waals surface area contributed by atoms with Gasteiger partial charge in [-0.05, 0) is 55.2 Å². The maximum absolute atomic E-state index is 3.72. The molecule has 3 atom stereocenters. The van der Waals surface area contributed by atoms with Gasteiger partial charge in [0.05, 0.1) is 0 Å². The summed E-state index contributed by atoms with van der Waals surface area (Å²) in [6, 6.07) is 9.89. The van der Waals surface area contributed by atoms with E-state index in [1.165, 1.54) is 36.8 Å². The second kappa shape index (κ2) is 7.09. The lowest BCUT2D eigenvalue weighted by atomic mass is 9.91. The molecular weight excluding hydrogens is 230 g/mol. The zero-order chi connectivity index (χ0) is 13.7. The average Bonchev–Trinajstić information content (AvgIpc) is 2.86. The number of nitrogens with one attached hydrogen (secondary N) is 1. The van der Waals surface area contributed by atoms with Gasteiger partial charge >= 0.3 is 0 Å². The van der Waals surface area contributed by atoms with E-state index in [1.807, 2.05) is 0 Å². The van der Waals surface area contributed by atoms with Crippen molar-refractivity contribution in [1.29, 1.82) is 0 Å². The van der Waals surface area contributed by atoms with Crippen LogP contribution in [0, 0.1) is 11.8 Å². The highest BCUT2D eigenvalue weighted by Crippen LogP contribution is 2.33. The Morgan fingerprint density at radius 1 is 1.11 bits per heavy atom. The third kappa shape index (κ3) is 4.07. The predicted molar refractivity (Wildman–Crippen MR) is 83.5 cm³/mol. The average molecular weight is 259 g/mol. The van der Waals surface area contributed by atoms with Gasteiger partial charge in [-0.25, -0.2) is 0 Å². The Kier molecular flexibility index (Phi) is 5.45. The number of benzene rings is 1. The molecule has 1 aliphatic carbocycles. The first-order valence-electron chi connectivity index (χ1n) is 8.04. The van der Waals surface area contributed by atoms with Crippen molar-refractivity contribution in [2.24, 2.45) is 11.8 Å². The Morgan fingerprint density at radius 3 is 2.32 bits per heavy atom. The van der Waals surface area contributed by atoms with E-state index in [0.717, 1.165) is 24.8 Å². The van der Waals surface area contributed by atoms with Gasteiger partial charge in [0.15, 0.2) is 0 Å². The molecular formula is C18H29N. The molecule has 0 heterocycles. The van der Waals surface area contributed by atoms with Crippen LogP contribution in [0.5, 0.6) is 0 Å². The number of aryl methyl sites for hydroxylation is 1. The molecule has 3 unspecified atom stereocenters. The zero-order valence-electron chi connectivity index (χ0n) is 12.8. The van der Waals surface area contributed by atoms with Crippen LogP contribution in [0.3, 0.4) is 0 Å². The van der Waals surface area contributed by atoms with Crippen molar-refractivity contribution in [3.8, 4) is 0 Å². The Bertz CT molecular complexity index is 368. The number of hydrogen-bond acceptors (Lipinski definition) is 1. The van der Waals surface area contributed by atoms with Gasteiger partial charge in [0.25, 0.3) is 0 Å². The van der Waals surface area contributed by atoms with E-state index in [1.54, 1.807) is 0 Å². The monoisotopic (exact) mass is 259 g/mol. The first kappa shape index (κ1) is 14.6. The van der Waals surface area contributed by atoms with E-state index in [-0.39, 0.29) is 0 Å². The first-order valence-corrected chi connectivity index (χ1v) is 8.04. The molecule has 1 saturated carbocycles. The quantitative estimate of drug-likeness (QED) is 0.807. The number of hydrogen-bond donors (Lipinski definition) is 1. The fourth-order valence-corrected chi connectivity index (χ4v) is 3.45. The van der Waals surface area contributed by atoms with Crippen LogP contribution in [0.4, 0.5) is 0 Å². The van der Waals surface area contributed by atoms with Crippen LogP contribution < -0.4 is 5.32 Å². The molecule has 1 nitrogen and oxygen atoms in total. The summed E-state index contributed by atoms with van der Waals surface area (Å²) < 4.78 is 0. The second-order valence-electron chi connectivity index (χ2n) is 6.22. The van der Waals surface area contributed by atoms with Gasteiger partial charge in [-0.2, -0.15) is 0 Å². The topological polar surface area (TPSA) is 12.0 Å². The van der Waals surface area contributed by atoms with Gasteiger partial charge in [0.2, 0.25) is 0 Å². The Labute approximate surface area is 118 Å². The van der Waals surface area contributed by atoms with Crippen LogP contribution in [0.1, 0.15) is 51.2 Å². The summed E-state index contributed by atoms with van der Waals surface area (Å²) in [5.74, 6) is 1.80. The largest absolute Gasteiger partial charge is 0.314 e. The van der Waals surface area contributed by atoms with Crippen molar-refractivity contribution in [1.82, 2.24) is 5.32 Å². The van der Waals surface area contributed by atoms with Crippen molar-refractivity contribution in [3.63, 3.8) is 0 Å². The lowest BCUT2D eigenvalue weighted by molar-refractivity contribution is 0.354. The Balaban J connectivity index is 1.98. The molecule has 2 rings (SSSR count). The molecule has 0 aliphatic heterocycles. The summed E-state index contributed by atoms with van der Waals surface area (Å²) in [6.07, 6.45) is 6.56. The molecule has 1 aromatic carbocycles. The fraction of sp³-hybridized carbons (Fsp3) is 0.667. The van der Waals surface area contributed by atoms with Crippen LogP contribution in [0.2, 0.25) is 0 Å². The SMILES string of the molecule is CCNC(Cc1ccc(CC)cc1)C1CCC(C)C1. The van der Waals surface area contributed by atoms with Gasteiger partial charge < -0.3 is 5.32 Å². The molecule has 1 N–H and O–H groups in total. The lowest BCUT2D eigenvalue weighted by Gasteiger charge is -2.25. The van der Waals surface area contributed by atoms with Gasteiger partial charge in [-0.3, -0.25) is 0 Å². The summed E-state index contributed by atoms with van der Waals surface area (Å²) in [5, 5.41) is 3.72. The Hall–Kier alpha value is -0.820. The summed E-state index contributed by atoms with van der Waals surface area (Å²) in [5.41, 5.74) is 2.93. The molecule has 1 heteroatoms. The van der Waals surface area contributed by atoms with E-state index < -0.39 is 0 Å². The normalized spacial score (nSPS) is 24.6. The highest BCUT2D eigenvalue weighted by atomic mass is 14.9. The van der Waals surface area contributed by atoms with Gasteiger partial charge in [-0.15, -0.1) is 0 Å². The molecule has 1 aliphatic rings. The summed E-state index contributed by atoms with van der Waals surface area (Å²) in [4.78, 5) is 0. The lowest BCUT2D eigenvalue weighted by Crippen LogP contribution is -2.37. The molecule has 106 valence electrons. The molecule has 1 aromatic rings. The number of rotatable bonds is 6. The van der Waals surface area contributed by atoms with E-state index in [2.05, 4.69) is 50.4 Å². The van der Waals surface area contributed by atoms with Crippen LogP contribution in [0.25, 0.3) is 0 Å². The highest BCUT2D eigenvalue weighted by molar-refractivity contribution is 5.23. The summed E-state index contributed by atoms with van der Waals surface area (Å²) in [7, 11) is 0. The van der Waals surface area contributed by atoms with Crippen LogP contribution in [-0.4, -0.2) is 12.6 Å². The fourth-order valence-electron chi connectivity index (χ4n) is 3.45. The van der Waals surface area contributed by atoms with Crippen molar-refractivity contribution in [3.05, 3.63) is 35.4 Å². The number of likely N-dealkylation sites (N-methyl/N-ethyl adjacent to an activating group) is 1. The van der Waals surface area contributed by atoms with Crippen molar-refractivity contribution in [2.75, 3.05) is 6.54 Å². The molecule has 19 heavy (non-hydrogen) atoms. The third-order valence-electron chi connectivity index (χ3n) is 4.66. The zero-order valence-corrected chi connectivity index (χ0v) is 12.8. The van der Waals surface area contributed by atoms with E-state index in [9.17, 15) is 0 Å². The van der Waals surface area contributed by atoms with Crippen molar-refractivity contribution < 1.29 is 0 Å². The van der Waals surface area contributed by atoms with Crippen LogP contribution in [0.15, 0.2) is 24.3 Å². The smallest absolute Gasteiger partial charge is 0.0136 e. The first-order chi connectivity index (χ1) is 9.22. The van der Waals surface area contributed by atoms with Gasteiger partial charge in [0, 0.05) is 6.04 Å². The Morgan fingerprint density at radius 2 is 1.79 bits per heavy atom. The van der Waals surface area contributed by atoms with E-state index >= 15 is 0 Å². The van der Waals surface area contributed by atoms with Gasteiger partial charge in [-0.1, -0.05) is 51.5 Å². The molecule has 0 amide bonds. The van der Waals surface area contributed by atoms with Crippen LogP contribution >= 0.6 is 0 Å². The summed E-state index contributed by atoms with van der Waals surface area (Å²) >= 11 is 0. The van der Waals surface area contributed by atoms with Crippen LogP contribution in [-0.2, 0) is 12.8 Å². The molecule has 0 saturated heterocycles. The minimum absolute atomic E-state index is 0.669.